The van der Waals surface area contributed by atoms with Gasteiger partial charge in [-0.3, -0.25) is 4.79 Å². The van der Waals surface area contributed by atoms with E-state index in [-0.39, 0.29) is 11.4 Å². The molecule has 0 radical (unpaired) electrons. The number of hydrogen-bond acceptors (Lipinski definition) is 3. The number of ether oxygens (including phenoxy) is 1. The average molecular weight is 305 g/mol. The van der Waals surface area contributed by atoms with Crippen LogP contribution >= 0.6 is 0 Å². The van der Waals surface area contributed by atoms with Crippen LogP contribution in [0.4, 0.5) is 0 Å². The first-order valence-corrected chi connectivity index (χ1v) is 7.86. The summed E-state index contributed by atoms with van der Waals surface area (Å²) in [6.45, 7) is 4.20. The number of amides is 1. The highest BCUT2D eigenvalue weighted by Gasteiger charge is 2.48. The Labute approximate surface area is 133 Å². The number of aliphatic hydroxyl groups is 1. The van der Waals surface area contributed by atoms with Gasteiger partial charge in [-0.25, -0.2) is 0 Å². The Balaban J connectivity index is 2.07. The van der Waals surface area contributed by atoms with Crippen molar-refractivity contribution in [3.63, 3.8) is 0 Å². The number of aryl methyl sites for hydroxylation is 1. The fourth-order valence-electron chi connectivity index (χ4n) is 2.71. The highest BCUT2D eigenvalue weighted by atomic mass is 16.5. The molecule has 0 bridgehead atoms. The Morgan fingerprint density at radius 3 is 2.64 bits per heavy atom. The first-order chi connectivity index (χ1) is 10.3. The van der Waals surface area contributed by atoms with Gasteiger partial charge in [0.2, 0.25) is 0 Å². The van der Waals surface area contributed by atoms with Gasteiger partial charge in [0.05, 0.1) is 17.7 Å². The summed E-state index contributed by atoms with van der Waals surface area (Å²) in [6, 6.07) is 7.71. The molecule has 4 nitrogen and oxygen atoms in total. The maximum Gasteiger partial charge on any atom is 0.254 e. The largest absolute Gasteiger partial charge is 0.390 e. The van der Waals surface area contributed by atoms with Crippen molar-refractivity contribution in [2.45, 2.75) is 50.7 Å². The topological polar surface area (TPSA) is 49.8 Å². The van der Waals surface area contributed by atoms with Crippen LogP contribution < -0.4 is 0 Å². The summed E-state index contributed by atoms with van der Waals surface area (Å²) in [5.41, 5.74) is 0.985. The van der Waals surface area contributed by atoms with E-state index >= 15 is 0 Å². The second kappa shape index (κ2) is 6.39. The summed E-state index contributed by atoms with van der Waals surface area (Å²) in [5.74, 6) is 0.0414. The van der Waals surface area contributed by atoms with E-state index in [0.29, 0.717) is 18.6 Å². The van der Waals surface area contributed by atoms with Crippen molar-refractivity contribution >= 4 is 5.91 Å². The van der Waals surface area contributed by atoms with Crippen LogP contribution in [-0.4, -0.2) is 47.8 Å². The molecule has 1 saturated carbocycles. The van der Waals surface area contributed by atoms with E-state index in [1.807, 2.05) is 36.2 Å². The predicted molar refractivity (Wildman–Crippen MR) is 87.0 cm³/mol. The summed E-state index contributed by atoms with van der Waals surface area (Å²) in [6.07, 6.45) is 3.44. The maximum atomic E-state index is 12.7. The summed E-state index contributed by atoms with van der Waals surface area (Å²) in [4.78, 5) is 14.5. The maximum absolute atomic E-state index is 12.7. The van der Waals surface area contributed by atoms with Crippen LogP contribution in [0.1, 0.15) is 49.0 Å². The quantitative estimate of drug-likeness (QED) is 0.842. The minimum atomic E-state index is -0.687. The van der Waals surface area contributed by atoms with Gasteiger partial charge in [0, 0.05) is 19.7 Å². The number of carbonyl (C=O) groups is 1. The number of hydrogen-bond donors (Lipinski definition) is 1. The number of rotatable bonds is 7. The van der Waals surface area contributed by atoms with Crippen LogP contribution in [0.3, 0.4) is 0 Å². The standard InChI is InChI=1S/C18H27NO3/c1-17(2,21)9-8-14-6-5-7-15(12-14)16(20)19(3)18(10-11-18)13-22-4/h5-7,12,21H,8-11,13H2,1-4H3. The predicted octanol–water partition coefficient (Wildman–Crippen LogP) is 2.64. The van der Waals surface area contributed by atoms with E-state index in [4.69, 9.17) is 4.74 Å². The molecule has 22 heavy (non-hydrogen) atoms. The molecule has 1 aromatic carbocycles. The molecule has 2 rings (SSSR count). The van der Waals surface area contributed by atoms with E-state index in [2.05, 4.69) is 0 Å². The second-order valence-corrected chi connectivity index (χ2v) is 7.03. The first-order valence-electron chi connectivity index (χ1n) is 7.86. The van der Waals surface area contributed by atoms with Crippen LogP contribution in [0.15, 0.2) is 24.3 Å². The Bertz CT molecular complexity index is 529. The molecule has 0 atom stereocenters. The van der Waals surface area contributed by atoms with E-state index in [0.717, 1.165) is 24.8 Å². The lowest BCUT2D eigenvalue weighted by Gasteiger charge is -2.28. The van der Waals surface area contributed by atoms with Crippen molar-refractivity contribution in [3.05, 3.63) is 35.4 Å². The van der Waals surface area contributed by atoms with E-state index in [1.54, 1.807) is 21.0 Å². The first kappa shape index (κ1) is 17.0. The zero-order valence-corrected chi connectivity index (χ0v) is 14.1. The van der Waals surface area contributed by atoms with E-state index < -0.39 is 5.60 Å². The summed E-state index contributed by atoms with van der Waals surface area (Å²) in [5, 5.41) is 9.83. The number of likely N-dealkylation sites (N-methyl/N-ethyl adjacent to an activating group) is 1. The van der Waals surface area contributed by atoms with Crippen LogP contribution in [0.5, 0.6) is 0 Å². The molecule has 1 aliphatic rings. The van der Waals surface area contributed by atoms with Crippen molar-refractivity contribution in [1.82, 2.24) is 4.90 Å². The second-order valence-electron chi connectivity index (χ2n) is 7.03. The van der Waals surface area contributed by atoms with Gasteiger partial charge in [-0.2, -0.15) is 0 Å². The van der Waals surface area contributed by atoms with Crippen molar-refractivity contribution in [3.8, 4) is 0 Å². The monoisotopic (exact) mass is 305 g/mol. The third kappa shape index (κ3) is 4.08. The Hall–Kier alpha value is -1.39. The van der Waals surface area contributed by atoms with E-state index in [9.17, 15) is 9.90 Å². The van der Waals surface area contributed by atoms with Gasteiger partial charge in [0.1, 0.15) is 0 Å². The lowest BCUT2D eigenvalue weighted by molar-refractivity contribution is 0.0551. The molecule has 0 aromatic heterocycles. The third-order valence-electron chi connectivity index (χ3n) is 4.46. The molecule has 1 N–H and O–H groups in total. The molecule has 0 spiro atoms. The van der Waals surface area contributed by atoms with Gasteiger partial charge in [-0.05, 0) is 57.2 Å². The normalized spacial score (nSPS) is 16.4. The van der Waals surface area contributed by atoms with Gasteiger partial charge in [-0.15, -0.1) is 0 Å². The van der Waals surface area contributed by atoms with Crippen molar-refractivity contribution in [1.29, 1.82) is 0 Å². The molecule has 1 amide bonds. The number of carbonyl (C=O) groups excluding carboxylic acids is 1. The highest BCUT2D eigenvalue weighted by Crippen LogP contribution is 2.41. The summed E-state index contributed by atoms with van der Waals surface area (Å²) in [7, 11) is 3.54. The number of nitrogens with zero attached hydrogens (tertiary/aromatic N) is 1. The molecule has 1 fully saturated rings. The number of benzene rings is 1. The van der Waals surface area contributed by atoms with Crippen LogP contribution in [0, 0.1) is 0 Å². The zero-order chi connectivity index (χ0) is 16.4. The molecule has 122 valence electrons. The van der Waals surface area contributed by atoms with Crippen LogP contribution in [-0.2, 0) is 11.2 Å². The average Bonchev–Trinajstić information content (AvgIpc) is 3.24. The number of methoxy groups -OCH3 is 1. The van der Waals surface area contributed by atoms with Crippen LogP contribution in [0.2, 0.25) is 0 Å². The molecular formula is C18H27NO3. The van der Waals surface area contributed by atoms with Gasteiger partial charge in [0.15, 0.2) is 0 Å². The van der Waals surface area contributed by atoms with Gasteiger partial charge in [-0.1, -0.05) is 12.1 Å². The lowest BCUT2D eigenvalue weighted by Crippen LogP contribution is -2.42. The Morgan fingerprint density at radius 2 is 2.09 bits per heavy atom. The van der Waals surface area contributed by atoms with Crippen molar-refractivity contribution < 1.29 is 14.6 Å². The third-order valence-corrected chi connectivity index (χ3v) is 4.46. The van der Waals surface area contributed by atoms with Crippen molar-refractivity contribution in [2.24, 2.45) is 0 Å². The zero-order valence-electron chi connectivity index (χ0n) is 14.1. The fourth-order valence-corrected chi connectivity index (χ4v) is 2.71. The van der Waals surface area contributed by atoms with E-state index in [1.165, 1.54) is 0 Å². The minimum absolute atomic E-state index is 0.0414. The fraction of sp³-hybridized carbons (Fsp3) is 0.611. The molecule has 4 heteroatoms. The molecule has 0 aliphatic heterocycles. The van der Waals surface area contributed by atoms with Gasteiger partial charge < -0.3 is 14.7 Å². The lowest BCUT2D eigenvalue weighted by atomic mass is 9.97. The SMILES string of the molecule is COCC1(N(C)C(=O)c2cccc(CCC(C)(C)O)c2)CC1. The summed E-state index contributed by atoms with van der Waals surface area (Å²) >= 11 is 0. The van der Waals surface area contributed by atoms with Crippen LogP contribution in [0.25, 0.3) is 0 Å². The minimum Gasteiger partial charge on any atom is -0.390 e. The van der Waals surface area contributed by atoms with Gasteiger partial charge in [0.25, 0.3) is 5.91 Å². The van der Waals surface area contributed by atoms with Crippen molar-refractivity contribution in [2.75, 3.05) is 20.8 Å². The van der Waals surface area contributed by atoms with Gasteiger partial charge >= 0.3 is 0 Å². The molecule has 1 aromatic rings. The Morgan fingerprint density at radius 1 is 1.41 bits per heavy atom. The molecule has 0 unspecified atom stereocenters. The smallest absolute Gasteiger partial charge is 0.254 e. The highest BCUT2D eigenvalue weighted by molar-refractivity contribution is 5.95. The molecule has 0 heterocycles. The molecule has 0 saturated heterocycles. The Kier molecular flexibility index (Phi) is 4.93. The molecule has 1 aliphatic carbocycles. The summed E-state index contributed by atoms with van der Waals surface area (Å²) < 4.78 is 5.25. The molecular weight excluding hydrogens is 278 g/mol.